The van der Waals surface area contributed by atoms with E-state index >= 15 is 0 Å². The monoisotopic (exact) mass is 174 g/mol. The van der Waals surface area contributed by atoms with Gasteiger partial charge in [-0.05, 0) is 13.8 Å². The number of ether oxygens (including phenoxy) is 2. The van der Waals surface area contributed by atoms with Gasteiger partial charge in [0.25, 0.3) is 0 Å². The van der Waals surface area contributed by atoms with Crippen molar-refractivity contribution >= 4 is 5.78 Å². The Kier molecular flexibility index (Phi) is 5.09. The molecule has 3 heteroatoms. The molecule has 0 unspecified atom stereocenters. The molecule has 0 aromatic carbocycles. The summed E-state index contributed by atoms with van der Waals surface area (Å²) in [6.45, 7) is 8.21. The van der Waals surface area contributed by atoms with Crippen LogP contribution in [0.3, 0.4) is 0 Å². The molecule has 12 heavy (non-hydrogen) atoms. The molecule has 72 valence electrons. The summed E-state index contributed by atoms with van der Waals surface area (Å²) < 4.78 is 10.0. The van der Waals surface area contributed by atoms with Gasteiger partial charge in [-0.2, -0.15) is 0 Å². The van der Waals surface area contributed by atoms with Crippen LogP contribution < -0.4 is 0 Å². The SMILES string of the molecule is CC1(C)OCC(=O)CO1.CCC. The minimum absolute atomic E-state index is 0.00863. The fourth-order valence-corrected chi connectivity index (χ4v) is 0.592. The summed E-state index contributed by atoms with van der Waals surface area (Å²) in [5.74, 6) is -0.553. The van der Waals surface area contributed by atoms with E-state index in [2.05, 4.69) is 13.8 Å². The van der Waals surface area contributed by atoms with E-state index < -0.39 is 5.79 Å². The maximum Gasteiger partial charge on any atom is 0.184 e. The Morgan fingerprint density at radius 3 is 1.83 bits per heavy atom. The number of hydrogen-bond acceptors (Lipinski definition) is 3. The first kappa shape index (κ1) is 11.6. The highest BCUT2D eigenvalue weighted by atomic mass is 16.7. The van der Waals surface area contributed by atoms with Crippen molar-refractivity contribution in [1.29, 1.82) is 0 Å². The number of carbonyl (C=O) groups is 1. The molecular formula is C9H18O3. The second-order valence-electron chi connectivity index (χ2n) is 3.22. The fourth-order valence-electron chi connectivity index (χ4n) is 0.592. The van der Waals surface area contributed by atoms with Crippen LogP contribution in [0.2, 0.25) is 0 Å². The molecule has 0 aromatic rings. The third-order valence-corrected chi connectivity index (χ3v) is 1.16. The van der Waals surface area contributed by atoms with E-state index in [0.29, 0.717) is 0 Å². The van der Waals surface area contributed by atoms with E-state index in [0.717, 1.165) is 0 Å². The van der Waals surface area contributed by atoms with Crippen LogP contribution in [0, 0.1) is 0 Å². The normalized spacial score (nSPS) is 21.2. The molecule has 0 N–H and O–H groups in total. The van der Waals surface area contributed by atoms with Gasteiger partial charge in [-0.15, -0.1) is 0 Å². The van der Waals surface area contributed by atoms with E-state index in [1.54, 1.807) is 13.8 Å². The Morgan fingerprint density at radius 1 is 1.25 bits per heavy atom. The highest BCUT2D eigenvalue weighted by molar-refractivity contribution is 5.81. The number of ketones is 1. The van der Waals surface area contributed by atoms with Crippen molar-refractivity contribution in [1.82, 2.24) is 0 Å². The molecule has 0 radical (unpaired) electrons. The minimum atomic E-state index is -0.562. The second-order valence-corrected chi connectivity index (χ2v) is 3.22. The zero-order valence-electron chi connectivity index (χ0n) is 8.35. The van der Waals surface area contributed by atoms with Crippen molar-refractivity contribution in [3.63, 3.8) is 0 Å². The van der Waals surface area contributed by atoms with Crippen LogP contribution in [0.15, 0.2) is 0 Å². The molecule has 1 fully saturated rings. The first-order valence-electron chi connectivity index (χ1n) is 4.31. The molecular weight excluding hydrogens is 156 g/mol. The molecule has 0 saturated carbocycles. The fraction of sp³-hybridized carbons (Fsp3) is 0.889. The summed E-state index contributed by atoms with van der Waals surface area (Å²) in [7, 11) is 0. The molecule has 1 heterocycles. The van der Waals surface area contributed by atoms with Gasteiger partial charge < -0.3 is 9.47 Å². The third-order valence-electron chi connectivity index (χ3n) is 1.16. The average molecular weight is 174 g/mol. The van der Waals surface area contributed by atoms with E-state index in [4.69, 9.17) is 9.47 Å². The molecule has 0 spiro atoms. The molecule has 3 nitrogen and oxygen atoms in total. The average Bonchev–Trinajstić information content (AvgIpc) is 1.98. The van der Waals surface area contributed by atoms with Gasteiger partial charge in [-0.25, -0.2) is 0 Å². The minimum Gasteiger partial charge on any atom is -0.343 e. The smallest absolute Gasteiger partial charge is 0.184 e. The lowest BCUT2D eigenvalue weighted by atomic mass is 10.3. The highest BCUT2D eigenvalue weighted by Crippen LogP contribution is 2.14. The van der Waals surface area contributed by atoms with Gasteiger partial charge in [0, 0.05) is 0 Å². The summed E-state index contributed by atoms with van der Waals surface area (Å²) in [5.41, 5.74) is 0. The van der Waals surface area contributed by atoms with Crippen molar-refractivity contribution in [3.8, 4) is 0 Å². The Morgan fingerprint density at radius 2 is 1.58 bits per heavy atom. The largest absolute Gasteiger partial charge is 0.343 e. The lowest BCUT2D eigenvalue weighted by molar-refractivity contribution is -0.235. The van der Waals surface area contributed by atoms with Crippen LogP contribution >= 0.6 is 0 Å². The number of carbonyl (C=O) groups excluding carboxylic acids is 1. The van der Waals surface area contributed by atoms with Gasteiger partial charge in [0.15, 0.2) is 11.6 Å². The molecule has 0 amide bonds. The highest BCUT2D eigenvalue weighted by Gasteiger charge is 2.26. The van der Waals surface area contributed by atoms with Crippen LogP contribution in [0.5, 0.6) is 0 Å². The molecule has 0 bridgehead atoms. The Labute approximate surface area is 74.0 Å². The van der Waals surface area contributed by atoms with Crippen LogP contribution in [0.25, 0.3) is 0 Å². The molecule has 1 aliphatic heterocycles. The van der Waals surface area contributed by atoms with Gasteiger partial charge in [0.05, 0.1) is 0 Å². The zero-order chi connectivity index (χ0) is 9.61. The van der Waals surface area contributed by atoms with Crippen molar-refractivity contribution in [2.24, 2.45) is 0 Å². The van der Waals surface area contributed by atoms with E-state index in [1.165, 1.54) is 6.42 Å². The quantitative estimate of drug-likeness (QED) is 0.561. The van der Waals surface area contributed by atoms with E-state index in [1.807, 2.05) is 0 Å². The zero-order valence-corrected chi connectivity index (χ0v) is 8.35. The molecule has 0 atom stereocenters. The first-order valence-corrected chi connectivity index (χ1v) is 4.31. The van der Waals surface area contributed by atoms with Crippen LogP contribution in [-0.2, 0) is 14.3 Å². The van der Waals surface area contributed by atoms with Gasteiger partial charge in [0.1, 0.15) is 13.2 Å². The summed E-state index contributed by atoms with van der Waals surface area (Å²) >= 11 is 0. The van der Waals surface area contributed by atoms with Crippen molar-refractivity contribution in [3.05, 3.63) is 0 Å². The molecule has 0 aromatic heterocycles. The maximum absolute atomic E-state index is 10.5. The van der Waals surface area contributed by atoms with Crippen LogP contribution in [0.1, 0.15) is 34.1 Å². The predicted octanol–water partition coefficient (Wildman–Crippen LogP) is 1.75. The summed E-state index contributed by atoms with van der Waals surface area (Å²) in [5, 5.41) is 0. The molecule has 1 rings (SSSR count). The van der Waals surface area contributed by atoms with Gasteiger partial charge in [-0.3, -0.25) is 4.79 Å². The molecule has 1 aliphatic rings. The van der Waals surface area contributed by atoms with Crippen molar-refractivity contribution < 1.29 is 14.3 Å². The Balaban J connectivity index is 0.000000354. The Hall–Kier alpha value is -0.410. The number of Topliss-reactive ketones (excluding diaryl/α,β-unsaturated/α-hetero) is 1. The van der Waals surface area contributed by atoms with Gasteiger partial charge in [-0.1, -0.05) is 20.3 Å². The number of rotatable bonds is 0. The topological polar surface area (TPSA) is 35.5 Å². The van der Waals surface area contributed by atoms with Gasteiger partial charge >= 0.3 is 0 Å². The second kappa shape index (κ2) is 5.27. The van der Waals surface area contributed by atoms with Crippen LogP contribution in [0.4, 0.5) is 0 Å². The number of hydrogen-bond donors (Lipinski definition) is 0. The standard InChI is InChI=1S/C6H10O3.C3H8/c1-6(2)8-3-5(7)4-9-6;1-3-2/h3-4H2,1-2H3;3H2,1-2H3. The van der Waals surface area contributed by atoms with Crippen molar-refractivity contribution in [2.75, 3.05) is 13.2 Å². The Bertz CT molecular complexity index is 129. The van der Waals surface area contributed by atoms with Crippen molar-refractivity contribution in [2.45, 2.75) is 39.9 Å². The van der Waals surface area contributed by atoms with E-state index in [-0.39, 0.29) is 19.0 Å². The summed E-state index contributed by atoms with van der Waals surface area (Å²) in [6.07, 6.45) is 1.25. The first-order chi connectivity index (χ1) is 5.52. The molecule has 0 aliphatic carbocycles. The van der Waals surface area contributed by atoms with Gasteiger partial charge in [0.2, 0.25) is 0 Å². The predicted molar refractivity (Wildman–Crippen MR) is 47.0 cm³/mol. The lowest BCUT2D eigenvalue weighted by Crippen LogP contribution is -2.39. The molecule has 1 saturated heterocycles. The third kappa shape index (κ3) is 5.27. The van der Waals surface area contributed by atoms with Crippen LogP contribution in [-0.4, -0.2) is 24.8 Å². The lowest BCUT2D eigenvalue weighted by Gasteiger charge is -2.28. The summed E-state index contributed by atoms with van der Waals surface area (Å²) in [6, 6.07) is 0. The van der Waals surface area contributed by atoms with E-state index in [9.17, 15) is 4.79 Å². The maximum atomic E-state index is 10.5. The summed E-state index contributed by atoms with van der Waals surface area (Å²) in [4.78, 5) is 10.5.